The second-order valence-electron chi connectivity index (χ2n) is 4.90. The van der Waals surface area contributed by atoms with Crippen LogP contribution >= 0.6 is 23.1 Å². The number of nitrogens with one attached hydrogen (secondary N) is 1. The number of aryl methyl sites for hydroxylation is 1. The van der Waals surface area contributed by atoms with Gasteiger partial charge in [-0.3, -0.25) is 4.98 Å². The zero-order valence-electron chi connectivity index (χ0n) is 11.5. The van der Waals surface area contributed by atoms with Crippen molar-refractivity contribution in [1.29, 1.82) is 0 Å². The summed E-state index contributed by atoms with van der Waals surface area (Å²) in [5.41, 5.74) is 4.56. The van der Waals surface area contributed by atoms with Gasteiger partial charge >= 0.3 is 0 Å². The van der Waals surface area contributed by atoms with Crippen molar-refractivity contribution in [3.05, 3.63) is 53.2 Å². The molecule has 0 aliphatic heterocycles. The van der Waals surface area contributed by atoms with E-state index in [0.29, 0.717) is 0 Å². The van der Waals surface area contributed by atoms with Gasteiger partial charge in [-0.1, -0.05) is 23.9 Å². The van der Waals surface area contributed by atoms with Crippen LogP contribution < -0.4 is 0 Å². The molecule has 4 rings (SSSR count). The molecule has 1 N–H and O–H groups in total. The number of aromatic amines is 1. The van der Waals surface area contributed by atoms with Crippen LogP contribution in [0.25, 0.3) is 21.1 Å². The molecule has 0 bridgehead atoms. The number of imidazole rings is 1. The predicted molar refractivity (Wildman–Crippen MR) is 90.0 cm³/mol. The van der Waals surface area contributed by atoms with Gasteiger partial charge in [0.2, 0.25) is 0 Å². The molecule has 104 valence electrons. The molecule has 0 radical (unpaired) electrons. The van der Waals surface area contributed by atoms with E-state index in [2.05, 4.69) is 33.3 Å². The van der Waals surface area contributed by atoms with Gasteiger partial charge in [-0.05, 0) is 41.5 Å². The fraction of sp³-hybridized carbons (Fsp3) is 0.125. The van der Waals surface area contributed by atoms with Crippen molar-refractivity contribution in [3.63, 3.8) is 0 Å². The van der Waals surface area contributed by atoms with E-state index < -0.39 is 0 Å². The number of thioether (sulfide) groups is 1. The summed E-state index contributed by atoms with van der Waals surface area (Å²) in [4.78, 5) is 12.5. The highest BCUT2D eigenvalue weighted by molar-refractivity contribution is 7.98. The van der Waals surface area contributed by atoms with Crippen molar-refractivity contribution in [2.24, 2.45) is 0 Å². The van der Waals surface area contributed by atoms with Crippen LogP contribution in [0.3, 0.4) is 0 Å². The average Bonchev–Trinajstić information content (AvgIpc) is 3.09. The molecule has 0 saturated carbocycles. The minimum absolute atomic E-state index is 0.830. The third-order valence-corrected chi connectivity index (χ3v) is 5.52. The lowest BCUT2D eigenvalue weighted by atomic mass is 10.2. The van der Waals surface area contributed by atoms with Crippen molar-refractivity contribution in [3.8, 4) is 0 Å². The third kappa shape index (κ3) is 2.32. The van der Waals surface area contributed by atoms with Crippen LogP contribution in [0.2, 0.25) is 0 Å². The molecule has 0 unspecified atom stereocenters. The normalized spacial score (nSPS) is 11.5. The standard InChI is InChI=1S/C16H13N3S2/c1-10-8-20-15-11(10)6-7-17-14(15)9-21-16-18-12-4-2-3-5-13(12)19-16/h2-8H,9H2,1H3,(H,18,19). The number of H-pyrrole nitrogens is 1. The van der Waals surface area contributed by atoms with Crippen molar-refractivity contribution < 1.29 is 0 Å². The van der Waals surface area contributed by atoms with Crippen LogP contribution in [0.5, 0.6) is 0 Å². The summed E-state index contributed by atoms with van der Waals surface area (Å²) in [5.74, 6) is 0.830. The molecule has 21 heavy (non-hydrogen) atoms. The molecule has 0 aliphatic rings. The van der Waals surface area contributed by atoms with Crippen LogP contribution in [-0.4, -0.2) is 15.0 Å². The Labute approximate surface area is 130 Å². The summed E-state index contributed by atoms with van der Waals surface area (Å²) < 4.78 is 1.29. The first-order valence-corrected chi connectivity index (χ1v) is 8.57. The number of thiophene rings is 1. The quantitative estimate of drug-likeness (QED) is 0.554. The maximum absolute atomic E-state index is 4.60. The molecule has 0 atom stereocenters. The predicted octanol–water partition coefficient (Wildman–Crippen LogP) is 4.77. The molecular formula is C16H13N3S2. The van der Waals surface area contributed by atoms with Gasteiger partial charge < -0.3 is 4.98 Å². The van der Waals surface area contributed by atoms with Crippen LogP contribution in [0.1, 0.15) is 11.3 Å². The lowest BCUT2D eigenvalue weighted by Crippen LogP contribution is -1.87. The number of nitrogens with zero attached hydrogens (tertiary/aromatic N) is 2. The Hall–Kier alpha value is -1.85. The summed E-state index contributed by atoms with van der Waals surface area (Å²) in [5, 5.41) is 4.46. The fourth-order valence-electron chi connectivity index (χ4n) is 2.38. The monoisotopic (exact) mass is 311 g/mol. The van der Waals surface area contributed by atoms with E-state index in [9.17, 15) is 0 Å². The molecule has 0 fully saturated rings. The molecule has 3 aromatic heterocycles. The highest BCUT2D eigenvalue weighted by Crippen LogP contribution is 2.31. The highest BCUT2D eigenvalue weighted by Gasteiger charge is 2.09. The molecule has 0 saturated heterocycles. The Morgan fingerprint density at radius 1 is 1.24 bits per heavy atom. The SMILES string of the molecule is Cc1csc2c(CSc3nc4ccccc4[nH]3)nccc12. The number of para-hydroxylation sites is 2. The first-order chi connectivity index (χ1) is 10.3. The highest BCUT2D eigenvalue weighted by atomic mass is 32.2. The minimum atomic E-state index is 0.830. The third-order valence-electron chi connectivity index (χ3n) is 3.47. The van der Waals surface area contributed by atoms with E-state index in [-0.39, 0.29) is 0 Å². The number of pyridine rings is 1. The zero-order valence-corrected chi connectivity index (χ0v) is 13.1. The van der Waals surface area contributed by atoms with E-state index in [4.69, 9.17) is 0 Å². The van der Waals surface area contributed by atoms with Gasteiger partial charge in [-0.25, -0.2) is 4.98 Å². The summed E-state index contributed by atoms with van der Waals surface area (Å²) in [6, 6.07) is 10.2. The van der Waals surface area contributed by atoms with Crippen molar-refractivity contribution >= 4 is 44.2 Å². The van der Waals surface area contributed by atoms with E-state index in [1.54, 1.807) is 23.1 Å². The summed E-state index contributed by atoms with van der Waals surface area (Å²) >= 11 is 3.48. The first kappa shape index (κ1) is 12.9. The van der Waals surface area contributed by atoms with Crippen LogP contribution in [0.15, 0.2) is 47.1 Å². The number of benzene rings is 1. The van der Waals surface area contributed by atoms with Gasteiger partial charge in [-0.2, -0.15) is 0 Å². The van der Waals surface area contributed by atoms with Crippen LogP contribution in [-0.2, 0) is 5.75 Å². The van der Waals surface area contributed by atoms with Crippen molar-refractivity contribution in [2.45, 2.75) is 17.8 Å². The Kier molecular flexibility index (Phi) is 3.16. The second-order valence-corrected chi connectivity index (χ2v) is 6.74. The molecular weight excluding hydrogens is 298 g/mol. The molecule has 0 aliphatic carbocycles. The maximum atomic E-state index is 4.60. The lowest BCUT2D eigenvalue weighted by Gasteiger charge is -2.00. The van der Waals surface area contributed by atoms with Crippen LogP contribution in [0.4, 0.5) is 0 Å². The smallest absolute Gasteiger partial charge is 0.166 e. The van der Waals surface area contributed by atoms with Gasteiger partial charge in [0.1, 0.15) is 0 Å². The van der Waals surface area contributed by atoms with E-state index in [0.717, 1.165) is 27.6 Å². The Morgan fingerprint density at radius 2 is 2.14 bits per heavy atom. The molecule has 4 aromatic rings. The molecule has 3 heterocycles. The van der Waals surface area contributed by atoms with Crippen molar-refractivity contribution in [1.82, 2.24) is 15.0 Å². The largest absolute Gasteiger partial charge is 0.333 e. The molecule has 3 nitrogen and oxygen atoms in total. The summed E-state index contributed by atoms with van der Waals surface area (Å²) in [6.07, 6.45) is 1.90. The molecule has 5 heteroatoms. The number of hydrogen-bond donors (Lipinski definition) is 1. The lowest BCUT2D eigenvalue weighted by molar-refractivity contribution is 1.07. The van der Waals surface area contributed by atoms with Crippen LogP contribution in [0, 0.1) is 6.92 Å². The van der Waals surface area contributed by atoms with Gasteiger partial charge in [0.25, 0.3) is 0 Å². The van der Waals surface area contributed by atoms with Gasteiger partial charge in [-0.15, -0.1) is 11.3 Å². The number of aromatic nitrogens is 3. The number of rotatable bonds is 3. The number of fused-ring (bicyclic) bond motifs is 2. The van der Waals surface area contributed by atoms with Crippen molar-refractivity contribution in [2.75, 3.05) is 0 Å². The second kappa shape index (κ2) is 5.16. The van der Waals surface area contributed by atoms with E-state index in [1.807, 2.05) is 30.5 Å². The van der Waals surface area contributed by atoms with Gasteiger partial charge in [0.05, 0.1) is 21.4 Å². The number of hydrogen-bond acceptors (Lipinski definition) is 4. The first-order valence-electron chi connectivity index (χ1n) is 6.70. The molecule has 0 amide bonds. The maximum Gasteiger partial charge on any atom is 0.166 e. The topological polar surface area (TPSA) is 41.6 Å². The van der Waals surface area contributed by atoms with E-state index in [1.165, 1.54) is 15.6 Å². The van der Waals surface area contributed by atoms with E-state index >= 15 is 0 Å². The Bertz CT molecular complexity index is 890. The van der Waals surface area contributed by atoms with Gasteiger partial charge in [0.15, 0.2) is 5.16 Å². The minimum Gasteiger partial charge on any atom is -0.333 e. The Balaban J connectivity index is 1.63. The average molecular weight is 311 g/mol. The molecule has 0 spiro atoms. The Morgan fingerprint density at radius 3 is 3.05 bits per heavy atom. The summed E-state index contributed by atoms with van der Waals surface area (Å²) in [7, 11) is 0. The zero-order chi connectivity index (χ0) is 14.2. The summed E-state index contributed by atoms with van der Waals surface area (Å²) in [6.45, 7) is 2.15. The molecule has 1 aromatic carbocycles. The fourth-order valence-corrected chi connectivity index (χ4v) is 4.35. The van der Waals surface area contributed by atoms with Gasteiger partial charge in [0, 0.05) is 11.9 Å².